The van der Waals surface area contributed by atoms with Gasteiger partial charge in [-0.05, 0) is 30.6 Å². The molecule has 0 aliphatic carbocycles. The molecule has 0 aliphatic rings. The van der Waals surface area contributed by atoms with Crippen LogP contribution in [0.3, 0.4) is 0 Å². The minimum atomic E-state index is -0.418. The summed E-state index contributed by atoms with van der Waals surface area (Å²) in [4.78, 5) is 11.5. The summed E-state index contributed by atoms with van der Waals surface area (Å²) >= 11 is 0.832. The molecule has 2 aromatic rings. The lowest BCUT2D eigenvalue weighted by atomic mass is 10.3. The van der Waals surface area contributed by atoms with Crippen molar-refractivity contribution in [2.24, 2.45) is 0 Å². The van der Waals surface area contributed by atoms with Crippen molar-refractivity contribution >= 4 is 11.5 Å². The van der Waals surface area contributed by atoms with Gasteiger partial charge in [-0.3, -0.25) is 4.79 Å². The molecule has 0 atom stereocenters. The fraction of sp³-hybridized carbons (Fsp3) is 0.100. The molecule has 0 saturated heterocycles. The molecule has 0 fully saturated rings. The van der Waals surface area contributed by atoms with Gasteiger partial charge in [-0.15, -0.1) is 0 Å². The predicted molar refractivity (Wildman–Crippen MR) is 54.6 cm³/mol. The van der Waals surface area contributed by atoms with Crippen LogP contribution in [0.1, 0.15) is 5.56 Å². The molecule has 14 heavy (non-hydrogen) atoms. The first kappa shape index (κ1) is 9.15. The normalized spacial score (nSPS) is 10.4. The van der Waals surface area contributed by atoms with E-state index in [4.69, 9.17) is 0 Å². The lowest BCUT2D eigenvalue weighted by Crippen LogP contribution is -2.12. The predicted octanol–water partition coefficient (Wildman–Crippen LogP) is 2.35. The summed E-state index contributed by atoms with van der Waals surface area (Å²) in [6.07, 6.45) is 0. The van der Waals surface area contributed by atoms with Crippen LogP contribution in [0.2, 0.25) is 0 Å². The summed E-state index contributed by atoms with van der Waals surface area (Å²) in [6.45, 7) is 1.49. The smallest absolute Gasteiger partial charge is 0.268 e. The largest absolute Gasteiger partial charge is 0.271 e. The Bertz CT molecular complexity index is 501. The van der Waals surface area contributed by atoms with Crippen LogP contribution in [0.25, 0.3) is 5.69 Å². The Morgan fingerprint density at radius 2 is 1.93 bits per heavy atom. The molecule has 1 heterocycles. The van der Waals surface area contributed by atoms with Crippen molar-refractivity contribution in [3.63, 3.8) is 0 Å². The Morgan fingerprint density at radius 1 is 1.29 bits per heavy atom. The second-order valence-electron chi connectivity index (χ2n) is 2.93. The Hall–Kier alpha value is -1.42. The van der Waals surface area contributed by atoms with Crippen molar-refractivity contribution < 1.29 is 4.39 Å². The lowest BCUT2D eigenvalue weighted by Gasteiger charge is -1.97. The topological polar surface area (TPSA) is 22.0 Å². The van der Waals surface area contributed by atoms with Crippen LogP contribution in [0, 0.1) is 12.1 Å². The van der Waals surface area contributed by atoms with Gasteiger partial charge in [-0.25, -0.2) is 3.96 Å². The van der Waals surface area contributed by atoms with E-state index in [1.807, 2.05) is 18.2 Å². The fourth-order valence-electron chi connectivity index (χ4n) is 1.16. The first-order valence-electron chi connectivity index (χ1n) is 4.14. The Kier molecular flexibility index (Phi) is 2.21. The van der Waals surface area contributed by atoms with Crippen molar-refractivity contribution in [1.29, 1.82) is 0 Å². The molecule has 0 N–H and O–H groups in total. The van der Waals surface area contributed by atoms with Gasteiger partial charge in [0, 0.05) is 0 Å². The maximum Gasteiger partial charge on any atom is 0.271 e. The Labute approximate surface area is 84.4 Å². The number of halogens is 1. The van der Waals surface area contributed by atoms with Crippen molar-refractivity contribution in [3.05, 3.63) is 51.4 Å². The lowest BCUT2D eigenvalue weighted by molar-refractivity contribution is 0.647. The standard InChI is InChI=1S/C10H8FNOS/c1-7-9(11)14-12(10(7)13)8-5-3-2-4-6-8/h2-6H,1H3. The minimum absolute atomic E-state index is 0.179. The maximum absolute atomic E-state index is 13.1. The van der Waals surface area contributed by atoms with E-state index in [-0.39, 0.29) is 11.1 Å². The van der Waals surface area contributed by atoms with Gasteiger partial charge in [0.05, 0.1) is 11.3 Å². The highest BCUT2D eigenvalue weighted by molar-refractivity contribution is 7.05. The molecule has 0 aliphatic heterocycles. The molecule has 0 unspecified atom stereocenters. The van der Waals surface area contributed by atoms with E-state index in [0.717, 1.165) is 11.5 Å². The molecule has 72 valence electrons. The Balaban J connectivity index is 2.64. The third-order valence-electron chi connectivity index (χ3n) is 1.96. The van der Waals surface area contributed by atoms with E-state index in [1.165, 1.54) is 10.9 Å². The van der Waals surface area contributed by atoms with E-state index >= 15 is 0 Å². The molecule has 0 bridgehead atoms. The van der Waals surface area contributed by atoms with Gasteiger partial charge in [0.2, 0.25) is 5.13 Å². The van der Waals surface area contributed by atoms with Crippen molar-refractivity contribution in [2.45, 2.75) is 6.92 Å². The van der Waals surface area contributed by atoms with Gasteiger partial charge in [-0.2, -0.15) is 4.39 Å². The van der Waals surface area contributed by atoms with Crippen LogP contribution < -0.4 is 5.56 Å². The van der Waals surface area contributed by atoms with Gasteiger partial charge in [0.15, 0.2) is 0 Å². The zero-order valence-electron chi connectivity index (χ0n) is 7.53. The summed E-state index contributed by atoms with van der Waals surface area (Å²) in [5, 5.41) is -0.418. The molecule has 0 amide bonds. The third-order valence-corrected chi connectivity index (χ3v) is 2.99. The molecule has 4 heteroatoms. The van der Waals surface area contributed by atoms with Crippen molar-refractivity contribution in [1.82, 2.24) is 3.96 Å². The molecule has 1 aromatic heterocycles. The van der Waals surface area contributed by atoms with Gasteiger partial charge in [0.25, 0.3) is 5.56 Å². The summed E-state index contributed by atoms with van der Waals surface area (Å²) in [7, 11) is 0. The number of para-hydroxylation sites is 1. The molecule has 0 radical (unpaired) electrons. The van der Waals surface area contributed by atoms with Gasteiger partial charge in [-0.1, -0.05) is 18.2 Å². The average Bonchev–Trinajstić information content (AvgIpc) is 2.47. The number of benzene rings is 1. The minimum Gasteiger partial charge on any atom is -0.268 e. The summed E-state index contributed by atoms with van der Waals surface area (Å²) in [6, 6.07) is 9.03. The van der Waals surface area contributed by atoms with Gasteiger partial charge >= 0.3 is 0 Å². The SMILES string of the molecule is Cc1c(F)sn(-c2ccccc2)c1=O. The highest BCUT2D eigenvalue weighted by atomic mass is 32.1. The zero-order chi connectivity index (χ0) is 10.1. The number of hydrogen-bond donors (Lipinski definition) is 0. The molecule has 0 spiro atoms. The van der Waals surface area contributed by atoms with Crippen LogP contribution in [-0.2, 0) is 0 Å². The maximum atomic E-state index is 13.1. The first-order chi connectivity index (χ1) is 6.70. The van der Waals surface area contributed by atoms with Gasteiger partial charge in [0.1, 0.15) is 0 Å². The molecule has 2 nitrogen and oxygen atoms in total. The first-order valence-corrected chi connectivity index (χ1v) is 4.91. The van der Waals surface area contributed by atoms with E-state index in [2.05, 4.69) is 0 Å². The Morgan fingerprint density at radius 3 is 2.43 bits per heavy atom. The van der Waals surface area contributed by atoms with E-state index < -0.39 is 5.13 Å². The number of nitrogens with zero attached hydrogens (tertiary/aromatic N) is 1. The summed E-state index contributed by atoms with van der Waals surface area (Å²) < 4.78 is 14.4. The monoisotopic (exact) mass is 209 g/mol. The van der Waals surface area contributed by atoms with Crippen molar-refractivity contribution in [2.75, 3.05) is 0 Å². The molecular weight excluding hydrogens is 201 g/mol. The summed E-state index contributed by atoms with van der Waals surface area (Å²) in [5.41, 5.74) is 0.604. The highest BCUT2D eigenvalue weighted by Crippen LogP contribution is 2.14. The molecule has 0 saturated carbocycles. The third kappa shape index (κ3) is 1.37. The van der Waals surface area contributed by atoms with Crippen LogP contribution in [0.4, 0.5) is 4.39 Å². The number of aromatic nitrogens is 1. The second-order valence-corrected chi connectivity index (χ2v) is 3.83. The number of hydrogen-bond acceptors (Lipinski definition) is 2. The fourth-order valence-corrected chi connectivity index (χ4v) is 1.99. The van der Waals surface area contributed by atoms with Gasteiger partial charge < -0.3 is 0 Å². The second kappa shape index (κ2) is 3.38. The average molecular weight is 209 g/mol. The van der Waals surface area contributed by atoms with Crippen molar-refractivity contribution in [3.8, 4) is 5.69 Å². The van der Waals surface area contributed by atoms with Crippen LogP contribution in [0.5, 0.6) is 0 Å². The number of rotatable bonds is 1. The highest BCUT2D eigenvalue weighted by Gasteiger charge is 2.10. The van der Waals surface area contributed by atoms with Crippen LogP contribution >= 0.6 is 11.5 Å². The van der Waals surface area contributed by atoms with Crippen LogP contribution in [0.15, 0.2) is 35.1 Å². The quantitative estimate of drug-likeness (QED) is 0.706. The van der Waals surface area contributed by atoms with Crippen LogP contribution in [-0.4, -0.2) is 3.96 Å². The summed E-state index contributed by atoms with van der Waals surface area (Å²) in [5.74, 6) is 0. The molecular formula is C10H8FNOS. The molecule has 1 aromatic carbocycles. The van der Waals surface area contributed by atoms with E-state index in [1.54, 1.807) is 12.1 Å². The van der Waals surface area contributed by atoms with E-state index in [9.17, 15) is 9.18 Å². The molecule has 2 rings (SSSR count). The van der Waals surface area contributed by atoms with E-state index in [0.29, 0.717) is 5.69 Å². The zero-order valence-corrected chi connectivity index (χ0v) is 8.34.